The molecule has 0 aromatic heterocycles. The Kier molecular flexibility index (Phi) is 21.4. The molecule has 0 aliphatic carbocycles. The Balaban J connectivity index is -0.000000361. The number of aliphatic hydroxyl groups excluding tert-OH is 1. The number of rotatable bonds is 8. The molecule has 0 bridgehead atoms. The van der Waals surface area contributed by atoms with E-state index in [0.717, 1.165) is 19.6 Å². The second-order valence-corrected chi connectivity index (χ2v) is 5.87. The Morgan fingerprint density at radius 2 is 1.21 bits per heavy atom. The van der Waals surface area contributed by atoms with Crippen molar-refractivity contribution >= 4 is 14.8 Å². The summed E-state index contributed by atoms with van der Waals surface area (Å²) in [6, 6.07) is 0.0858. The van der Waals surface area contributed by atoms with E-state index in [1.54, 1.807) is 0 Å². The zero-order valence-corrected chi connectivity index (χ0v) is 13.8. The summed E-state index contributed by atoms with van der Waals surface area (Å²) in [6.07, 6.45) is 1.05. The van der Waals surface area contributed by atoms with Crippen LogP contribution in [0.1, 0.15) is 34.1 Å². The third-order valence-corrected chi connectivity index (χ3v) is 4.95. The smallest absolute Gasteiger partial charge is 0.400 e. The lowest BCUT2D eigenvalue weighted by molar-refractivity contribution is 0.0711. The predicted octanol–water partition coefficient (Wildman–Crippen LogP) is 1.08. The van der Waals surface area contributed by atoms with Crippen molar-refractivity contribution in [3.05, 3.63) is 0 Å². The maximum absolute atomic E-state index is 9.00. The fourth-order valence-electron chi connectivity index (χ4n) is 1.31. The van der Waals surface area contributed by atoms with E-state index in [-0.39, 0.29) is 0 Å². The maximum atomic E-state index is 9.00. The van der Waals surface area contributed by atoms with Crippen LogP contribution < -0.4 is 11.5 Å². The zero-order chi connectivity index (χ0) is 15.7. The number of carbonyl (C=O) groups excluding carboxylic acids is 1. The Bertz CT molecular complexity index is 162. The van der Waals surface area contributed by atoms with E-state index in [2.05, 4.69) is 18.4 Å². The van der Waals surface area contributed by atoms with Gasteiger partial charge in [0.15, 0.2) is 0 Å². The second-order valence-electron chi connectivity index (χ2n) is 3.13. The molecule has 0 spiro atoms. The van der Waals surface area contributed by atoms with Crippen molar-refractivity contribution in [3.8, 4) is 0 Å². The summed E-state index contributed by atoms with van der Waals surface area (Å²) in [4.78, 5) is 9.00. The summed E-state index contributed by atoms with van der Waals surface area (Å²) < 4.78 is 16.9. The topological polar surface area (TPSA) is 117 Å². The highest BCUT2D eigenvalue weighted by atomic mass is 28.4. The van der Waals surface area contributed by atoms with Crippen molar-refractivity contribution in [1.29, 1.82) is 0 Å². The van der Waals surface area contributed by atoms with E-state index in [1.807, 2.05) is 20.8 Å². The first-order valence-electron chi connectivity index (χ1n) is 6.39. The van der Waals surface area contributed by atoms with Gasteiger partial charge in [0.2, 0.25) is 0 Å². The van der Waals surface area contributed by atoms with E-state index < -0.39 is 14.8 Å². The second kappa shape index (κ2) is 17.3. The van der Waals surface area contributed by atoms with E-state index >= 15 is 0 Å². The molecular formula is C11H30N2O5Si. The van der Waals surface area contributed by atoms with Crippen LogP contribution >= 0.6 is 0 Å². The molecule has 2 amide bonds. The highest BCUT2D eigenvalue weighted by Crippen LogP contribution is 2.17. The molecular weight excluding hydrogens is 268 g/mol. The van der Waals surface area contributed by atoms with Gasteiger partial charge in [0, 0.05) is 33.0 Å². The van der Waals surface area contributed by atoms with Gasteiger partial charge in [-0.1, -0.05) is 13.3 Å². The summed E-state index contributed by atoms with van der Waals surface area (Å²) in [7, 11) is -1.30. The monoisotopic (exact) mass is 298 g/mol. The van der Waals surface area contributed by atoms with Gasteiger partial charge in [-0.15, -0.1) is 0 Å². The van der Waals surface area contributed by atoms with Crippen LogP contribution in [-0.4, -0.2) is 46.9 Å². The van der Waals surface area contributed by atoms with Crippen LogP contribution in [0.3, 0.4) is 0 Å². The van der Waals surface area contributed by atoms with Crippen molar-refractivity contribution in [2.45, 2.75) is 40.2 Å². The van der Waals surface area contributed by atoms with Crippen molar-refractivity contribution < 1.29 is 23.2 Å². The minimum absolute atomic E-state index is 0.673. The fraction of sp³-hybridized carbons (Fsp3) is 0.909. The quantitative estimate of drug-likeness (QED) is 0.580. The molecule has 0 heterocycles. The highest BCUT2D eigenvalue weighted by Gasteiger charge is 2.38. The number of carbonyl (C=O) groups is 1. The molecule has 0 aromatic rings. The lowest BCUT2D eigenvalue weighted by Crippen LogP contribution is -2.45. The number of aliphatic hydroxyl groups is 1. The molecule has 0 rings (SSSR count). The standard InChI is InChI=1S/C9H22O3Si.CH4N2O.CH4O/c1-5-9-13(10-6-2,11-7-3)12-8-4;2-1(3)4;1-2/h5-9H2,1-4H3;(H4,2,3,4);2H,1H3. The molecule has 0 unspecified atom stereocenters. The molecule has 19 heavy (non-hydrogen) atoms. The molecule has 7 nitrogen and oxygen atoms in total. The average Bonchev–Trinajstić information content (AvgIpc) is 2.32. The number of amides is 2. The fourth-order valence-corrected chi connectivity index (χ4v) is 3.92. The van der Waals surface area contributed by atoms with E-state index in [0.29, 0.717) is 19.8 Å². The van der Waals surface area contributed by atoms with Crippen molar-refractivity contribution in [2.75, 3.05) is 26.9 Å². The van der Waals surface area contributed by atoms with Crippen LogP contribution in [0.4, 0.5) is 4.79 Å². The number of primary amides is 2. The molecule has 0 atom stereocenters. The Hall–Kier alpha value is -0.673. The summed E-state index contributed by atoms with van der Waals surface area (Å²) in [5.74, 6) is 0. The van der Waals surface area contributed by atoms with E-state index in [1.165, 1.54) is 0 Å². The van der Waals surface area contributed by atoms with Gasteiger partial charge in [0.05, 0.1) is 0 Å². The van der Waals surface area contributed by atoms with Crippen LogP contribution in [0, 0.1) is 0 Å². The summed E-state index contributed by atoms with van der Waals surface area (Å²) >= 11 is 0. The number of nitrogens with two attached hydrogens (primary N) is 2. The van der Waals surface area contributed by atoms with Gasteiger partial charge in [-0.3, -0.25) is 0 Å². The normalized spacial score (nSPS) is 9.79. The predicted molar refractivity (Wildman–Crippen MR) is 77.6 cm³/mol. The SMILES string of the molecule is CCC[Si](OCC)(OCC)OCC.CO.NC(N)=O. The van der Waals surface area contributed by atoms with Crippen LogP contribution in [-0.2, 0) is 13.3 Å². The largest absolute Gasteiger partial charge is 0.500 e. The lowest BCUT2D eigenvalue weighted by atomic mass is 10.6. The molecule has 0 saturated carbocycles. The van der Waals surface area contributed by atoms with Crippen molar-refractivity contribution in [2.24, 2.45) is 11.5 Å². The van der Waals surface area contributed by atoms with Gasteiger partial charge < -0.3 is 29.9 Å². The first-order chi connectivity index (χ1) is 8.97. The average molecular weight is 298 g/mol. The Morgan fingerprint density at radius 3 is 1.37 bits per heavy atom. The first kappa shape index (κ1) is 23.4. The number of urea groups is 1. The third kappa shape index (κ3) is 17.3. The molecule has 0 aliphatic rings. The number of hydrogen-bond acceptors (Lipinski definition) is 5. The zero-order valence-electron chi connectivity index (χ0n) is 12.8. The molecule has 0 aliphatic heterocycles. The maximum Gasteiger partial charge on any atom is 0.500 e. The van der Waals surface area contributed by atoms with Gasteiger partial charge in [-0.25, -0.2) is 4.79 Å². The Morgan fingerprint density at radius 1 is 0.947 bits per heavy atom. The van der Waals surface area contributed by atoms with Gasteiger partial charge in [-0.05, 0) is 20.8 Å². The highest BCUT2D eigenvalue weighted by molar-refractivity contribution is 6.60. The molecule has 118 valence electrons. The summed E-state index contributed by atoms with van der Waals surface area (Å²) in [6.45, 7) is 10.1. The molecule has 0 saturated heterocycles. The van der Waals surface area contributed by atoms with Gasteiger partial charge >= 0.3 is 14.8 Å². The van der Waals surface area contributed by atoms with Crippen LogP contribution in [0.5, 0.6) is 0 Å². The third-order valence-electron chi connectivity index (χ3n) is 1.65. The van der Waals surface area contributed by atoms with E-state index in [4.69, 9.17) is 23.2 Å². The van der Waals surface area contributed by atoms with Gasteiger partial charge in [0.25, 0.3) is 0 Å². The lowest BCUT2D eigenvalue weighted by Gasteiger charge is -2.27. The first-order valence-corrected chi connectivity index (χ1v) is 8.32. The summed E-state index contributed by atoms with van der Waals surface area (Å²) in [5, 5.41) is 7.00. The van der Waals surface area contributed by atoms with E-state index in [9.17, 15) is 0 Å². The van der Waals surface area contributed by atoms with Crippen molar-refractivity contribution in [3.63, 3.8) is 0 Å². The van der Waals surface area contributed by atoms with Crippen LogP contribution in [0.2, 0.25) is 6.04 Å². The van der Waals surface area contributed by atoms with Gasteiger partial charge in [0.1, 0.15) is 0 Å². The molecule has 0 fully saturated rings. The minimum atomic E-state index is -2.30. The molecule has 0 aromatic carbocycles. The van der Waals surface area contributed by atoms with Crippen LogP contribution in [0.15, 0.2) is 0 Å². The minimum Gasteiger partial charge on any atom is -0.400 e. The Labute approximate surface area is 117 Å². The van der Waals surface area contributed by atoms with Crippen molar-refractivity contribution in [1.82, 2.24) is 0 Å². The summed E-state index contributed by atoms with van der Waals surface area (Å²) in [5.41, 5.74) is 8.50. The molecule has 8 heteroatoms. The number of hydrogen-bond donors (Lipinski definition) is 3. The molecule has 5 N–H and O–H groups in total. The molecule has 0 radical (unpaired) electrons. The van der Waals surface area contributed by atoms with Crippen LogP contribution in [0.25, 0.3) is 0 Å². The van der Waals surface area contributed by atoms with Gasteiger partial charge in [-0.2, -0.15) is 0 Å².